The molecule has 0 aliphatic carbocycles. The minimum absolute atomic E-state index is 0.697. The Hall–Kier alpha value is -1.97. The van der Waals surface area contributed by atoms with Crippen molar-refractivity contribution in [2.75, 3.05) is 26.6 Å². The summed E-state index contributed by atoms with van der Waals surface area (Å²) in [6.45, 7) is 4.07. The zero-order chi connectivity index (χ0) is 13.3. The molecule has 0 unspecified atom stereocenters. The maximum atomic E-state index is 5.33. The van der Waals surface area contributed by atoms with Crippen LogP contribution >= 0.6 is 0 Å². The van der Waals surface area contributed by atoms with Crippen LogP contribution in [0.15, 0.2) is 12.1 Å². The molecule has 1 N–H and O–H groups in total. The minimum Gasteiger partial charge on any atom is -0.493 e. The van der Waals surface area contributed by atoms with Gasteiger partial charge in [0.05, 0.1) is 19.7 Å². The van der Waals surface area contributed by atoms with Crippen molar-refractivity contribution in [3.63, 3.8) is 0 Å². The molecular formula is C14H18N2O2. The van der Waals surface area contributed by atoms with Gasteiger partial charge in [-0.05, 0) is 25.5 Å². The number of aryl methyl sites for hydroxylation is 1. The average Bonchev–Trinajstić information content (AvgIpc) is 2.39. The van der Waals surface area contributed by atoms with E-state index >= 15 is 0 Å². The number of hydrogen-bond acceptors (Lipinski definition) is 4. The van der Waals surface area contributed by atoms with Crippen molar-refractivity contribution in [3.8, 4) is 11.5 Å². The Kier molecular flexibility index (Phi) is 3.28. The number of aromatic nitrogens is 1. The van der Waals surface area contributed by atoms with Crippen LogP contribution in [0.4, 0.5) is 5.69 Å². The molecular weight excluding hydrogens is 228 g/mol. The maximum Gasteiger partial charge on any atom is 0.162 e. The summed E-state index contributed by atoms with van der Waals surface area (Å²) in [5.41, 5.74) is 4.15. The Bertz CT molecular complexity index is 594. The van der Waals surface area contributed by atoms with E-state index in [1.807, 2.05) is 26.1 Å². The molecule has 4 heteroatoms. The van der Waals surface area contributed by atoms with Crippen LogP contribution in [0.25, 0.3) is 10.9 Å². The lowest BCUT2D eigenvalue weighted by Crippen LogP contribution is -2.00. The van der Waals surface area contributed by atoms with Gasteiger partial charge in [-0.15, -0.1) is 0 Å². The lowest BCUT2D eigenvalue weighted by molar-refractivity contribution is 0.356. The number of benzene rings is 1. The highest BCUT2D eigenvalue weighted by Crippen LogP contribution is 2.36. The Morgan fingerprint density at radius 1 is 1.06 bits per heavy atom. The monoisotopic (exact) mass is 246 g/mol. The summed E-state index contributed by atoms with van der Waals surface area (Å²) in [7, 11) is 5.18. The first-order chi connectivity index (χ1) is 8.62. The van der Waals surface area contributed by atoms with E-state index in [0.29, 0.717) is 11.5 Å². The topological polar surface area (TPSA) is 43.4 Å². The van der Waals surface area contributed by atoms with Crippen molar-refractivity contribution in [1.29, 1.82) is 0 Å². The van der Waals surface area contributed by atoms with Crippen LogP contribution in [0.5, 0.6) is 11.5 Å². The summed E-state index contributed by atoms with van der Waals surface area (Å²) in [5.74, 6) is 1.41. The SMILES string of the molecule is CNc1c(C)c(C)nc2cc(OC)c(OC)cc12. The molecule has 0 atom stereocenters. The third kappa shape index (κ3) is 1.83. The van der Waals surface area contributed by atoms with Crippen LogP contribution in [0, 0.1) is 13.8 Å². The second kappa shape index (κ2) is 4.72. The predicted molar refractivity (Wildman–Crippen MR) is 73.9 cm³/mol. The summed E-state index contributed by atoms with van der Waals surface area (Å²) in [6.07, 6.45) is 0. The zero-order valence-corrected chi connectivity index (χ0v) is 11.4. The van der Waals surface area contributed by atoms with Gasteiger partial charge in [-0.3, -0.25) is 4.98 Å². The zero-order valence-electron chi connectivity index (χ0n) is 11.4. The van der Waals surface area contributed by atoms with E-state index < -0.39 is 0 Å². The van der Waals surface area contributed by atoms with Gasteiger partial charge < -0.3 is 14.8 Å². The van der Waals surface area contributed by atoms with E-state index in [1.54, 1.807) is 14.2 Å². The first kappa shape index (κ1) is 12.5. The second-order valence-electron chi connectivity index (χ2n) is 4.17. The van der Waals surface area contributed by atoms with Gasteiger partial charge in [0, 0.05) is 29.9 Å². The number of rotatable bonds is 3. The minimum atomic E-state index is 0.697. The van der Waals surface area contributed by atoms with E-state index in [0.717, 1.165) is 27.8 Å². The van der Waals surface area contributed by atoms with Gasteiger partial charge in [0.25, 0.3) is 0 Å². The van der Waals surface area contributed by atoms with Crippen molar-refractivity contribution < 1.29 is 9.47 Å². The molecule has 1 aromatic carbocycles. The standard InChI is InChI=1S/C14H18N2O2/c1-8-9(2)16-11-7-13(18-5)12(17-4)6-10(11)14(8)15-3/h6-7H,1-5H3,(H,15,16). The normalized spacial score (nSPS) is 10.5. The average molecular weight is 246 g/mol. The van der Waals surface area contributed by atoms with Gasteiger partial charge in [0.15, 0.2) is 11.5 Å². The molecule has 0 fully saturated rings. The Morgan fingerprint density at radius 2 is 1.67 bits per heavy atom. The molecule has 0 bridgehead atoms. The number of anilines is 1. The van der Waals surface area contributed by atoms with Crippen LogP contribution in [0.1, 0.15) is 11.3 Å². The summed E-state index contributed by atoms with van der Waals surface area (Å²) >= 11 is 0. The van der Waals surface area contributed by atoms with Crippen LogP contribution in [-0.4, -0.2) is 26.3 Å². The number of nitrogens with zero attached hydrogens (tertiary/aromatic N) is 1. The fourth-order valence-electron chi connectivity index (χ4n) is 2.13. The van der Waals surface area contributed by atoms with Crippen LogP contribution in [0.2, 0.25) is 0 Å². The number of fused-ring (bicyclic) bond motifs is 1. The van der Waals surface area contributed by atoms with E-state index in [-0.39, 0.29) is 0 Å². The largest absolute Gasteiger partial charge is 0.493 e. The molecule has 0 aliphatic rings. The molecule has 0 saturated heterocycles. The molecule has 0 aliphatic heterocycles. The molecule has 1 heterocycles. The molecule has 2 rings (SSSR count). The third-order valence-corrected chi connectivity index (χ3v) is 3.23. The lowest BCUT2D eigenvalue weighted by Gasteiger charge is -2.14. The molecule has 18 heavy (non-hydrogen) atoms. The molecule has 2 aromatic rings. The fraction of sp³-hybridized carbons (Fsp3) is 0.357. The smallest absolute Gasteiger partial charge is 0.162 e. The van der Waals surface area contributed by atoms with Gasteiger partial charge in [-0.25, -0.2) is 0 Å². The van der Waals surface area contributed by atoms with E-state index in [1.165, 1.54) is 0 Å². The predicted octanol–water partition coefficient (Wildman–Crippen LogP) is 2.91. The molecule has 96 valence electrons. The number of pyridine rings is 1. The molecule has 0 radical (unpaired) electrons. The van der Waals surface area contributed by atoms with E-state index in [9.17, 15) is 0 Å². The summed E-state index contributed by atoms with van der Waals surface area (Å²) in [5, 5.41) is 4.27. The number of nitrogens with one attached hydrogen (secondary N) is 1. The van der Waals surface area contributed by atoms with Crippen LogP contribution in [-0.2, 0) is 0 Å². The number of hydrogen-bond donors (Lipinski definition) is 1. The van der Waals surface area contributed by atoms with Crippen LogP contribution in [0.3, 0.4) is 0 Å². The fourth-order valence-corrected chi connectivity index (χ4v) is 2.13. The van der Waals surface area contributed by atoms with Gasteiger partial charge in [-0.1, -0.05) is 0 Å². The highest BCUT2D eigenvalue weighted by atomic mass is 16.5. The highest BCUT2D eigenvalue weighted by molar-refractivity contribution is 5.95. The van der Waals surface area contributed by atoms with Gasteiger partial charge in [-0.2, -0.15) is 0 Å². The van der Waals surface area contributed by atoms with Crippen molar-refractivity contribution in [2.24, 2.45) is 0 Å². The molecule has 1 aromatic heterocycles. The Labute approximate surface area is 107 Å². The van der Waals surface area contributed by atoms with Gasteiger partial charge in [0.1, 0.15) is 0 Å². The first-order valence-electron chi connectivity index (χ1n) is 5.83. The van der Waals surface area contributed by atoms with Gasteiger partial charge >= 0.3 is 0 Å². The lowest BCUT2D eigenvalue weighted by atomic mass is 10.1. The molecule has 0 spiro atoms. The number of ether oxygens (including phenoxy) is 2. The molecule has 4 nitrogen and oxygen atoms in total. The highest BCUT2D eigenvalue weighted by Gasteiger charge is 2.12. The summed E-state index contributed by atoms with van der Waals surface area (Å²) in [4.78, 5) is 4.59. The molecule has 0 amide bonds. The van der Waals surface area contributed by atoms with E-state index in [4.69, 9.17) is 9.47 Å². The van der Waals surface area contributed by atoms with E-state index in [2.05, 4.69) is 17.2 Å². The van der Waals surface area contributed by atoms with Crippen LogP contribution < -0.4 is 14.8 Å². The van der Waals surface area contributed by atoms with Gasteiger partial charge in [0.2, 0.25) is 0 Å². The summed E-state index contributed by atoms with van der Waals surface area (Å²) in [6, 6.07) is 3.86. The Balaban J connectivity index is 2.84. The third-order valence-electron chi connectivity index (χ3n) is 3.23. The van der Waals surface area contributed by atoms with Crippen molar-refractivity contribution >= 4 is 16.6 Å². The Morgan fingerprint density at radius 3 is 2.22 bits per heavy atom. The van der Waals surface area contributed by atoms with Crippen molar-refractivity contribution in [1.82, 2.24) is 4.98 Å². The summed E-state index contributed by atoms with van der Waals surface area (Å²) < 4.78 is 10.6. The maximum absolute atomic E-state index is 5.33. The quantitative estimate of drug-likeness (QED) is 0.904. The molecule has 0 saturated carbocycles. The van der Waals surface area contributed by atoms with Crippen molar-refractivity contribution in [2.45, 2.75) is 13.8 Å². The second-order valence-corrected chi connectivity index (χ2v) is 4.17. The first-order valence-corrected chi connectivity index (χ1v) is 5.83. The van der Waals surface area contributed by atoms with Crippen molar-refractivity contribution in [3.05, 3.63) is 23.4 Å². The number of methoxy groups -OCH3 is 2.